The van der Waals surface area contributed by atoms with Gasteiger partial charge in [-0.2, -0.15) is 5.10 Å². The first-order chi connectivity index (χ1) is 10.6. The number of nitrogens with one attached hydrogen (secondary N) is 1. The van der Waals surface area contributed by atoms with E-state index in [2.05, 4.69) is 10.2 Å². The van der Waals surface area contributed by atoms with Gasteiger partial charge in [-0.15, -0.1) is 0 Å². The van der Waals surface area contributed by atoms with E-state index in [0.29, 0.717) is 24.1 Å². The fourth-order valence-electron chi connectivity index (χ4n) is 2.70. The number of hydrogen-bond donors (Lipinski definition) is 3. The van der Waals surface area contributed by atoms with Crippen LogP contribution in [0.25, 0.3) is 0 Å². The molecule has 1 unspecified atom stereocenters. The first kappa shape index (κ1) is 14.6. The molecule has 2 aromatic rings. The quantitative estimate of drug-likeness (QED) is 0.704. The summed E-state index contributed by atoms with van der Waals surface area (Å²) < 4.78 is 0. The van der Waals surface area contributed by atoms with E-state index in [-0.39, 0.29) is 0 Å². The SMILES string of the molecule is O=C1C(O)C(=O)C1c1cn[nH]c1C(O)CCc1ccccc1. The molecule has 0 saturated heterocycles. The maximum atomic E-state index is 11.6. The average Bonchev–Trinajstić information content (AvgIpc) is 3.02. The molecule has 0 radical (unpaired) electrons. The molecule has 0 amide bonds. The molecule has 3 rings (SSSR count). The van der Waals surface area contributed by atoms with E-state index in [4.69, 9.17) is 0 Å². The Bertz CT molecular complexity index is 679. The number of ketones is 2. The highest BCUT2D eigenvalue weighted by atomic mass is 16.3. The van der Waals surface area contributed by atoms with Crippen LogP contribution in [0.15, 0.2) is 36.5 Å². The van der Waals surface area contributed by atoms with Gasteiger partial charge in [-0.3, -0.25) is 14.7 Å². The summed E-state index contributed by atoms with van der Waals surface area (Å²) in [5, 5.41) is 26.0. The van der Waals surface area contributed by atoms with Gasteiger partial charge >= 0.3 is 0 Å². The Labute approximate surface area is 126 Å². The highest BCUT2D eigenvalue weighted by Gasteiger charge is 2.50. The predicted octanol–water partition coefficient (Wildman–Crippen LogP) is 0.672. The number of Topliss-reactive ketones (excluding diaryl/α,β-unsaturated/α-hetero) is 2. The monoisotopic (exact) mass is 300 g/mol. The van der Waals surface area contributed by atoms with Gasteiger partial charge in [-0.25, -0.2) is 0 Å². The van der Waals surface area contributed by atoms with Crippen LogP contribution in [-0.2, 0) is 16.0 Å². The summed E-state index contributed by atoms with van der Waals surface area (Å²) in [6.45, 7) is 0. The Kier molecular flexibility index (Phi) is 3.87. The molecule has 6 nitrogen and oxygen atoms in total. The van der Waals surface area contributed by atoms with Gasteiger partial charge in [0.05, 0.1) is 18.0 Å². The van der Waals surface area contributed by atoms with Crippen LogP contribution in [0.5, 0.6) is 0 Å². The summed E-state index contributed by atoms with van der Waals surface area (Å²) in [5.74, 6) is -2.08. The van der Waals surface area contributed by atoms with Gasteiger partial charge in [-0.05, 0) is 18.4 Å². The molecule has 114 valence electrons. The zero-order valence-corrected chi connectivity index (χ0v) is 11.8. The molecule has 1 aromatic heterocycles. The number of aromatic amines is 1. The Morgan fingerprint density at radius 1 is 1.18 bits per heavy atom. The smallest absolute Gasteiger partial charge is 0.183 e. The molecule has 0 spiro atoms. The number of carbonyl (C=O) groups is 2. The van der Waals surface area contributed by atoms with Crippen molar-refractivity contribution in [3.8, 4) is 0 Å². The predicted molar refractivity (Wildman–Crippen MR) is 77.1 cm³/mol. The zero-order valence-electron chi connectivity index (χ0n) is 11.8. The van der Waals surface area contributed by atoms with Crippen molar-refractivity contribution < 1.29 is 19.8 Å². The lowest BCUT2D eigenvalue weighted by molar-refractivity contribution is -0.152. The molecule has 1 heterocycles. The van der Waals surface area contributed by atoms with E-state index in [1.165, 1.54) is 6.20 Å². The second-order valence-electron chi connectivity index (χ2n) is 5.42. The Morgan fingerprint density at radius 3 is 2.55 bits per heavy atom. The van der Waals surface area contributed by atoms with Gasteiger partial charge in [0, 0.05) is 5.56 Å². The van der Waals surface area contributed by atoms with Crippen LogP contribution in [0.4, 0.5) is 0 Å². The Hall–Kier alpha value is -2.31. The molecule has 1 aromatic carbocycles. The minimum atomic E-state index is -1.53. The van der Waals surface area contributed by atoms with Crippen molar-refractivity contribution in [1.82, 2.24) is 10.2 Å². The summed E-state index contributed by atoms with van der Waals surface area (Å²) >= 11 is 0. The molecular weight excluding hydrogens is 284 g/mol. The van der Waals surface area contributed by atoms with Crippen molar-refractivity contribution in [1.29, 1.82) is 0 Å². The van der Waals surface area contributed by atoms with Gasteiger partial charge in [0.2, 0.25) is 0 Å². The molecule has 1 aliphatic rings. The second kappa shape index (κ2) is 5.82. The summed E-state index contributed by atoms with van der Waals surface area (Å²) in [6.07, 6.45) is 0.0881. The van der Waals surface area contributed by atoms with Crippen LogP contribution in [0.1, 0.15) is 35.3 Å². The molecule has 6 heteroatoms. The minimum Gasteiger partial charge on any atom is -0.387 e. The maximum absolute atomic E-state index is 11.6. The van der Waals surface area contributed by atoms with Crippen LogP contribution >= 0.6 is 0 Å². The average molecular weight is 300 g/mol. The molecule has 1 fully saturated rings. The lowest BCUT2D eigenvalue weighted by atomic mass is 9.74. The van der Waals surface area contributed by atoms with Gasteiger partial charge in [0.25, 0.3) is 0 Å². The zero-order chi connectivity index (χ0) is 15.7. The number of aromatic nitrogens is 2. The van der Waals surface area contributed by atoms with Gasteiger partial charge < -0.3 is 10.2 Å². The lowest BCUT2D eigenvalue weighted by Gasteiger charge is -2.28. The fourth-order valence-corrected chi connectivity index (χ4v) is 2.70. The van der Waals surface area contributed by atoms with Crippen molar-refractivity contribution in [2.45, 2.75) is 31.0 Å². The largest absolute Gasteiger partial charge is 0.387 e. The number of aryl methyl sites for hydroxylation is 1. The highest BCUT2D eigenvalue weighted by Crippen LogP contribution is 2.34. The topological polar surface area (TPSA) is 103 Å². The first-order valence-electron chi connectivity index (χ1n) is 7.10. The van der Waals surface area contributed by atoms with Crippen LogP contribution in [0.2, 0.25) is 0 Å². The molecule has 1 atom stereocenters. The third-order valence-electron chi connectivity index (χ3n) is 4.00. The van der Waals surface area contributed by atoms with Crippen LogP contribution in [-0.4, -0.2) is 38.1 Å². The number of rotatable bonds is 5. The van der Waals surface area contributed by atoms with Gasteiger partial charge in [0.15, 0.2) is 17.7 Å². The normalized spacial score (nSPS) is 22.5. The van der Waals surface area contributed by atoms with Crippen LogP contribution in [0.3, 0.4) is 0 Å². The number of hydrogen-bond acceptors (Lipinski definition) is 5. The number of nitrogens with zero attached hydrogens (tertiary/aromatic N) is 1. The molecule has 3 N–H and O–H groups in total. The minimum absolute atomic E-state index is 0.362. The molecule has 0 bridgehead atoms. The number of aliphatic hydroxyl groups excluding tert-OH is 2. The van der Waals surface area contributed by atoms with Crippen molar-refractivity contribution in [3.05, 3.63) is 53.3 Å². The number of carbonyl (C=O) groups excluding carboxylic acids is 2. The Balaban J connectivity index is 1.72. The van der Waals surface area contributed by atoms with E-state index in [1.54, 1.807) is 0 Å². The van der Waals surface area contributed by atoms with Crippen LogP contribution in [0, 0.1) is 0 Å². The van der Waals surface area contributed by atoms with E-state index in [9.17, 15) is 19.8 Å². The van der Waals surface area contributed by atoms with Crippen molar-refractivity contribution in [2.75, 3.05) is 0 Å². The molecular formula is C16H16N2O4. The van der Waals surface area contributed by atoms with Crippen LogP contribution < -0.4 is 0 Å². The summed E-state index contributed by atoms with van der Waals surface area (Å²) in [6, 6.07) is 9.71. The van der Waals surface area contributed by atoms with E-state index in [1.807, 2.05) is 30.3 Å². The number of H-pyrrole nitrogens is 1. The summed E-state index contributed by atoms with van der Waals surface area (Å²) in [7, 11) is 0. The Morgan fingerprint density at radius 2 is 1.86 bits per heavy atom. The first-order valence-corrected chi connectivity index (χ1v) is 7.10. The summed E-state index contributed by atoms with van der Waals surface area (Å²) in [4.78, 5) is 23.3. The van der Waals surface area contributed by atoms with Crippen molar-refractivity contribution in [3.63, 3.8) is 0 Å². The molecule has 1 saturated carbocycles. The van der Waals surface area contributed by atoms with Gasteiger partial charge in [0.1, 0.15) is 5.92 Å². The van der Waals surface area contributed by atoms with E-state index >= 15 is 0 Å². The second-order valence-corrected chi connectivity index (χ2v) is 5.42. The molecule has 22 heavy (non-hydrogen) atoms. The molecule has 0 aliphatic heterocycles. The van der Waals surface area contributed by atoms with Crippen molar-refractivity contribution >= 4 is 11.6 Å². The maximum Gasteiger partial charge on any atom is 0.183 e. The third kappa shape index (κ3) is 2.47. The highest BCUT2D eigenvalue weighted by molar-refractivity contribution is 6.29. The lowest BCUT2D eigenvalue weighted by Crippen LogP contribution is -2.51. The number of aliphatic hydroxyl groups is 2. The van der Waals surface area contributed by atoms with E-state index < -0.39 is 29.7 Å². The fraction of sp³-hybridized carbons (Fsp3) is 0.312. The third-order valence-corrected chi connectivity index (χ3v) is 4.00. The van der Waals surface area contributed by atoms with Crippen molar-refractivity contribution in [2.24, 2.45) is 0 Å². The number of benzene rings is 1. The standard InChI is InChI=1S/C16H16N2O4/c19-11(7-6-9-4-2-1-3-5-9)13-10(8-17-18-13)12-14(20)16(22)15(12)21/h1-5,8,11-12,16,19,22H,6-7H2,(H,17,18). The summed E-state index contributed by atoms with van der Waals surface area (Å²) in [5.41, 5.74) is 1.82. The molecule has 1 aliphatic carbocycles. The van der Waals surface area contributed by atoms with Gasteiger partial charge in [-0.1, -0.05) is 30.3 Å². The van der Waals surface area contributed by atoms with E-state index in [0.717, 1.165) is 5.56 Å².